The molecule has 0 spiro atoms. The third-order valence-electron chi connectivity index (χ3n) is 1.91. The molecule has 0 amide bonds. The second kappa shape index (κ2) is 4.84. The number of halogens is 2. The molecule has 82 valence electrons. The highest BCUT2D eigenvalue weighted by atomic mass is 19.1. The minimum Gasteiger partial charge on any atom is -0.494 e. The molecule has 3 nitrogen and oxygen atoms in total. The first kappa shape index (κ1) is 11.6. The number of hydrogen-bond donors (Lipinski definition) is 1. The van der Waals surface area contributed by atoms with E-state index in [0.29, 0.717) is 6.07 Å². The van der Waals surface area contributed by atoms with Gasteiger partial charge >= 0.3 is 0 Å². The lowest BCUT2D eigenvalue weighted by atomic mass is 10.1. The van der Waals surface area contributed by atoms with Crippen molar-refractivity contribution in [3.8, 4) is 5.75 Å². The molecule has 0 aromatic heterocycles. The van der Waals surface area contributed by atoms with Gasteiger partial charge in [0.2, 0.25) is 0 Å². The lowest BCUT2D eigenvalue weighted by molar-refractivity contribution is 0.0981. The standard InChI is InChI=1S/C10H11F2NO2/c1-15-10-4-6(9(14)2-3-13)7(11)5-8(10)12/h4-5H,2-3,13H2,1H3. The van der Waals surface area contributed by atoms with Gasteiger partial charge in [-0.3, -0.25) is 4.79 Å². The van der Waals surface area contributed by atoms with Crippen molar-refractivity contribution >= 4 is 5.78 Å². The Morgan fingerprint density at radius 3 is 2.60 bits per heavy atom. The van der Waals surface area contributed by atoms with Crippen LogP contribution in [0.4, 0.5) is 8.78 Å². The molecule has 0 aliphatic rings. The number of carbonyl (C=O) groups excluding carboxylic acids is 1. The van der Waals surface area contributed by atoms with E-state index >= 15 is 0 Å². The molecule has 0 aliphatic carbocycles. The molecule has 5 heteroatoms. The van der Waals surface area contributed by atoms with Gasteiger partial charge in [-0.25, -0.2) is 8.78 Å². The second-order valence-corrected chi connectivity index (χ2v) is 2.93. The van der Waals surface area contributed by atoms with Crippen molar-refractivity contribution in [3.05, 3.63) is 29.3 Å². The lowest BCUT2D eigenvalue weighted by Gasteiger charge is -2.06. The monoisotopic (exact) mass is 215 g/mol. The zero-order valence-corrected chi connectivity index (χ0v) is 8.22. The summed E-state index contributed by atoms with van der Waals surface area (Å²) in [6, 6.07) is 1.67. The fourth-order valence-corrected chi connectivity index (χ4v) is 1.16. The molecule has 0 saturated carbocycles. The number of benzene rings is 1. The molecule has 2 N–H and O–H groups in total. The Morgan fingerprint density at radius 1 is 1.40 bits per heavy atom. The molecule has 0 heterocycles. The van der Waals surface area contributed by atoms with E-state index in [-0.39, 0.29) is 24.3 Å². The third-order valence-corrected chi connectivity index (χ3v) is 1.91. The Labute approximate surface area is 85.8 Å². The quantitative estimate of drug-likeness (QED) is 0.774. The van der Waals surface area contributed by atoms with Gasteiger partial charge in [0, 0.05) is 12.5 Å². The molecule has 0 atom stereocenters. The summed E-state index contributed by atoms with van der Waals surface area (Å²) < 4.78 is 30.8. The van der Waals surface area contributed by atoms with Crippen LogP contribution in [0.1, 0.15) is 16.8 Å². The van der Waals surface area contributed by atoms with Crippen LogP contribution in [-0.2, 0) is 0 Å². The molecule has 0 unspecified atom stereocenters. The minimum absolute atomic E-state index is 0.0196. The van der Waals surface area contributed by atoms with Crippen molar-refractivity contribution in [2.24, 2.45) is 5.73 Å². The summed E-state index contributed by atoms with van der Waals surface area (Å²) in [6.07, 6.45) is 0.0196. The normalized spacial score (nSPS) is 10.1. The van der Waals surface area contributed by atoms with Gasteiger partial charge in [-0.15, -0.1) is 0 Å². The van der Waals surface area contributed by atoms with Crippen LogP contribution >= 0.6 is 0 Å². The van der Waals surface area contributed by atoms with Gasteiger partial charge in [-0.2, -0.15) is 0 Å². The van der Waals surface area contributed by atoms with Crippen molar-refractivity contribution in [3.63, 3.8) is 0 Å². The highest BCUT2D eigenvalue weighted by Gasteiger charge is 2.15. The molecule has 1 rings (SSSR count). The zero-order valence-electron chi connectivity index (χ0n) is 8.22. The molecule has 1 aromatic rings. The van der Waals surface area contributed by atoms with Gasteiger partial charge in [0.25, 0.3) is 0 Å². The van der Waals surface area contributed by atoms with E-state index in [2.05, 4.69) is 4.74 Å². The van der Waals surface area contributed by atoms with Crippen LogP contribution in [0.3, 0.4) is 0 Å². The Hall–Kier alpha value is -1.49. The van der Waals surface area contributed by atoms with Gasteiger partial charge in [0.15, 0.2) is 17.3 Å². The van der Waals surface area contributed by atoms with Gasteiger partial charge < -0.3 is 10.5 Å². The van der Waals surface area contributed by atoms with Crippen molar-refractivity contribution in [2.45, 2.75) is 6.42 Å². The van der Waals surface area contributed by atoms with Crippen LogP contribution in [-0.4, -0.2) is 19.4 Å². The molecule has 0 bridgehead atoms. The van der Waals surface area contributed by atoms with Crippen LogP contribution in [0, 0.1) is 11.6 Å². The number of ketones is 1. The average molecular weight is 215 g/mol. The summed E-state index contributed by atoms with van der Waals surface area (Å²) in [5.41, 5.74) is 4.97. The number of carbonyl (C=O) groups is 1. The molecule has 0 saturated heterocycles. The fourth-order valence-electron chi connectivity index (χ4n) is 1.16. The van der Waals surface area contributed by atoms with Crippen LogP contribution in [0.25, 0.3) is 0 Å². The number of Topliss-reactive ketones (excluding diaryl/α,β-unsaturated/α-hetero) is 1. The molecule has 0 radical (unpaired) electrons. The molecule has 1 aromatic carbocycles. The van der Waals surface area contributed by atoms with Crippen molar-refractivity contribution in [2.75, 3.05) is 13.7 Å². The Balaban J connectivity index is 3.12. The number of rotatable bonds is 4. The molecule has 0 aliphatic heterocycles. The Kier molecular flexibility index (Phi) is 3.74. The summed E-state index contributed by atoms with van der Waals surface area (Å²) in [7, 11) is 1.24. The highest BCUT2D eigenvalue weighted by Crippen LogP contribution is 2.22. The zero-order chi connectivity index (χ0) is 11.4. The summed E-state index contributed by atoms with van der Waals surface area (Å²) in [5, 5.41) is 0. The van der Waals surface area contributed by atoms with Crippen LogP contribution < -0.4 is 10.5 Å². The summed E-state index contributed by atoms with van der Waals surface area (Å²) >= 11 is 0. The van der Waals surface area contributed by atoms with Crippen molar-refractivity contribution < 1.29 is 18.3 Å². The first-order chi connectivity index (χ1) is 7.10. The maximum Gasteiger partial charge on any atom is 0.168 e. The summed E-state index contributed by atoms with van der Waals surface area (Å²) in [4.78, 5) is 11.3. The first-order valence-electron chi connectivity index (χ1n) is 4.36. The summed E-state index contributed by atoms with van der Waals surface area (Å²) in [5.74, 6) is -2.35. The van der Waals surface area contributed by atoms with Crippen LogP contribution in [0.2, 0.25) is 0 Å². The first-order valence-corrected chi connectivity index (χ1v) is 4.36. The van der Waals surface area contributed by atoms with E-state index in [0.717, 1.165) is 6.07 Å². The summed E-state index contributed by atoms with van der Waals surface area (Å²) in [6.45, 7) is 0.123. The van der Waals surface area contributed by atoms with E-state index in [1.54, 1.807) is 0 Å². The van der Waals surface area contributed by atoms with E-state index in [9.17, 15) is 13.6 Å². The lowest BCUT2D eigenvalue weighted by Crippen LogP contribution is -2.10. The highest BCUT2D eigenvalue weighted by molar-refractivity contribution is 5.96. The van der Waals surface area contributed by atoms with Crippen LogP contribution in [0.15, 0.2) is 12.1 Å². The predicted molar refractivity (Wildman–Crippen MR) is 50.9 cm³/mol. The van der Waals surface area contributed by atoms with E-state index in [1.165, 1.54) is 7.11 Å². The van der Waals surface area contributed by atoms with Gasteiger partial charge in [0.1, 0.15) is 5.82 Å². The van der Waals surface area contributed by atoms with E-state index in [4.69, 9.17) is 5.73 Å². The van der Waals surface area contributed by atoms with Crippen molar-refractivity contribution in [1.29, 1.82) is 0 Å². The number of hydrogen-bond acceptors (Lipinski definition) is 3. The van der Waals surface area contributed by atoms with E-state index in [1.807, 2.05) is 0 Å². The maximum atomic E-state index is 13.2. The maximum absolute atomic E-state index is 13.2. The smallest absolute Gasteiger partial charge is 0.168 e. The average Bonchev–Trinajstić information content (AvgIpc) is 2.18. The second-order valence-electron chi connectivity index (χ2n) is 2.93. The molecular weight excluding hydrogens is 204 g/mol. The van der Waals surface area contributed by atoms with Gasteiger partial charge in [-0.05, 0) is 12.6 Å². The molecule has 15 heavy (non-hydrogen) atoms. The third kappa shape index (κ3) is 2.50. The number of ether oxygens (including phenoxy) is 1. The van der Waals surface area contributed by atoms with Gasteiger partial charge in [-0.1, -0.05) is 0 Å². The number of methoxy groups -OCH3 is 1. The Morgan fingerprint density at radius 2 is 2.07 bits per heavy atom. The number of nitrogens with two attached hydrogens (primary N) is 1. The topological polar surface area (TPSA) is 52.3 Å². The SMILES string of the molecule is COc1cc(C(=O)CCN)c(F)cc1F. The molecule has 0 fully saturated rings. The minimum atomic E-state index is -0.897. The van der Waals surface area contributed by atoms with E-state index < -0.39 is 17.4 Å². The Bertz CT molecular complexity index is 380. The predicted octanol–water partition coefficient (Wildman–Crippen LogP) is 1.50. The molecular formula is C10H11F2NO2. The van der Waals surface area contributed by atoms with Gasteiger partial charge in [0.05, 0.1) is 12.7 Å². The fraction of sp³-hybridized carbons (Fsp3) is 0.300. The largest absolute Gasteiger partial charge is 0.494 e. The van der Waals surface area contributed by atoms with Crippen molar-refractivity contribution in [1.82, 2.24) is 0 Å². The van der Waals surface area contributed by atoms with Crippen LogP contribution in [0.5, 0.6) is 5.75 Å².